The average molecular weight is 453 g/mol. The largest absolute Gasteiger partial charge is 0.280 e. The van der Waals surface area contributed by atoms with Crippen molar-refractivity contribution in [3.8, 4) is 11.1 Å². The molecule has 158 valence electrons. The van der Waals surface area contributed by atoms with Gasteiger partial charge in [-0.05, 0) is 66.6 Å². The fourth-order valence-corrected chi connectivity index (χ4v) is 5.33. The van der Waals surface area contributed by atoms with Crippen LogP contribution in [0, 0.1) is 6.92 Å². The van der Waals surface area contributed by atoms with Crippen molar-refractivity contribution >= 4 is 25.7 Å². The molecule has 0 fully saturated rings. The Labute approximate surface area is 181 Å². The molecular formula is C23H20N2O4S2. The van der Waals surface area contributed by atoms with Crippen LogP contribution in [0.3, 0.4) is 0 Å². The van der Waals surface area contributed by atoms with Crippen LogP contribution in [0.2, 0.25) is 0 Å². The first-order valence-electron chi connectivity index (χ1n) is 9.44. The second-order valence-corrected chi connectivity index (χ2v) is 10.6. The maximum absolute atomic E-state index is 12.6. The predicted molar refractivity (Wildman–Crippen MR) is 121 cm³/mol. The highest BCUT2D eigenvalue weighted by Crippen LogP contribution is 2.25. The molecule has 0 radical (unpaired) electrons. The highest BCUT2D eigenvalue weighted by Gasteiger charge is 2.16. The molecule has 0 aliphatic carbocycles. The zero-order valence-corrected chi connectivity index (χ0v) is 18.3. The van der Waals surface area contributed by atoms with Crippen molar-refractivity contribution in [2.75, 3.05) is 4.72 Å². The lowest BCUT2D eigenvalue weighted by molar-refractivity contribution is 0.587. The Bertz CT molecular complexity index is 1390. The summed E-state index contributed by atoms with van der Waals surface area (Å²) in [7, 11) is -7.28. The maximum Gasteiger partial charge on any atom is 0.267 e. The van der Waals surface area contributed by atoms with Gasteiger partial charge in [0.1, 0.15) is 0 Å². The molecule has 4 aromatic rings. The van der Waals surface area contributed by atoms with E-state index in [9.17, 15) is 16.8 Å². The normalized spacial score (nSPS) is 11.9. The Hall–Kier alpha value is -3.36. The Morgan fingerprint density at radius 3 is 1.68 bits per heavy atom. The van der Waals surface area contributed by atoms with E-state index in [1.54, 1.807) is 84.9 Å². The molecule has 31 heavy (non-hydrogen) atoms. The van der Waals surface area contributed by atoms with Gasteiger partial charge >= 0.3 is 0 Å². The molecule has 0 bridgehead atoms. The lowest BCUT2D eigenvalue weighted by Crippen LogP contribution is -2.12. The summed E-state index contributed by atoms with van der Waals surface area (Å²) in [6, 6.07) is 23.4. The van der Waals surface area contributed by atoms with Crippen molar-refractivity contribution < 1.29 is 16.8 Å². The molecule has 0 aliphatic heterocycles. The molecule has 0 amide bonds. The van der Waals surface area contributed by atoms with E-state index in [1.807, 2.05) is 6.92 Å². The smallest absolute Gasteiger partial charge is 0.267 e. The molecule has 0 saturated heterocycles. The number of aromatic nitrogens is 1. The molecule has 1 aromatic heterocycles. The highest BCUT2D eigenvalue weighted by molar-refractivity contribution is 7.92. The summed E-state index contributed by atoms with van der Waals surface area (Å²) in [6.07, 6.45) is 2.97. The minimum atomic E-state index is -3.67. The minimum Gasteiger partial charge on any atom is -0.280 e. The van der Waals surface area contributed by atoms with E-state index in [4.69, 9.17) is 0 Å². The minimum absolute atomic E-state index is 0.190. The van der Waals surface area contributed by atoms with Crippen LogP contribution >= 0.6 is 0 Å². The van der Waals surface area contributed by atoms with E-state index >= 15 is 0 Å². The van der Waals surface area contributed by atoms with Crippen molar-refractivity contribution in [3.05, 3.63) is 103 Å². The number of sulfonamides is 1. The van der Waals surface area contributed by atoms with Crippen LogP contribution in [0.15, 0.2) is 107 Å². The number of hydrogen-bond donors (Lipinski definition) is 1. The summed E-state index contributed by atoms with van der Waals surface area (Å²) in [5.74, 6) is 0. The summed E-state index contributed by atoms with van der Waals surface area (Å²) in [5, 5.41) is 0. The molecule has 0 spiro atoms. The number of rotatable bonds is 6. The van der Waals surface area contributed by atoms with Gasteiger partial charge in [0.2, 0.25) is 0 Å². The van der Waals surface area contributed by atoms with Gasteiger partial charge in [0.05, 0.1) is 9.79 Å². The first-order valence-corrected chi connectivity index (χ1v) is 12.4. The average Bonchev–Trinajstić information content (AvgIpc) is 3.30. The first kappa shape index (κ1) is 20.9. The maximum atomic E-state index is 12.6. The van der Waals surface area contributed by atoms with Gasteiger partial charge in [0, 0.05) is 18.1 Å². The molecule has 3 aromatic carbocycles. The molecule has 6 nitrogen and oxygen atoms in total. The number of anilines is 1. The predicted octanol–water partition coefficient (Wildman–Crippen LogP) is 4.50. The van der Waals surface area contributed by atoms with Crippen molar-refractivity contribution in [2.24, 2.45) is 0 Å². The molecular weight excluding hydrogens is 432 g/mol. The summed E-state index contributed by atoms with van der Waals surface area (Å²) in [4.78, 5) is 0.386. The fraction of sp³-hybridized carbons (Fsp3) is 0.0435. The highest BCUT2D eigenvalue weighted by atomic mass is 32.2. The molecule has 8 heteroatoms. The third-order valence-electron chi connectivity index (χ3n) is 4.81. The topological polar surface area (TPSA) is 85.2 Å². The standard InChI is InChI=1S/C23H20N2O4S2/c1-18-4-12-22(13-5-18)30(26,27)24-21-10-6-19(7-11-21)20-8-14-23(15-9-20)31(28,29)25-16-2-3-17-25/h2-17,24H,1H3. The van der Waals surface area contributed by atoms with Crippen molar-refractivity contribution in [1.82, 2.24) is 3.97 Å². The Kier molecular flexibility index (Phi) is 5.43. The van der Waals surface area contributed by atoms with Crippen molar-refractivity contribution in [2.45, 2.75) is 16.7 Å². The molecule has 1 heterocycles. The summed E-state index contributed by atoms with van der Waals surface area (Å²) in [5.41, 5.74) is 3.08. The number of benzene rings is 3. The molecule has 1 N–H and O–H groups in total. The zero-order chi connectivity index (χ0) is 22.1. The molecule has 0 saturated carbocycles. The van der Waals surface area contributed by atoms with Crippen LogP contribution in [0.4, 0.5) is 5.69 Å². The molecule has 0 aliphatic rings. The van der Waals surface area contributed by atoms with Crippen LogP contribution in [-0.4, -0.2) is 20.8 Å². The fourth-order valence-electron chi connectivity index (χ4n) is 3.08. The van der Waals surface area contributed by atoms with Gasteiger partial charge in [0.25, 0.3) is 20.0 Å². The third kappa shape index (κ3) is 4.40. The van der Waals surface area contributed by atoms with Gasteiger partial charge in [-0.3, -0.25) is 4.72 Å². The van der Waals surface area contributed by atoms with Gasteiger partial charge < -0.3 is 0 Å². The second kappa shape index (κ2) is 8.05. The van der Waals surface area contributed by atoms with Gasteiger partial charge in [-0.25, -0.2) is 20.8 Å². The summed E-state index contributed by atoms with van der Waals surface area (Å²) < 4.78 is 53.9. The monoisotopic (exact) mass is 452 g/mol. The van der Waals surface area contributed by atoms with Gasteiger partial charge in [-0.15, -0.1) is 0 Å². The Morgan fingerprint density at radius 1 is 0.645 bits per heavy atom. The van der Waals surface area contributed by atoms with Crippen LogP contribution < -0.4 is 4.72 Å². The second-order valence-electron chi connectivity index (χ2n) is 7.04. The zero-order valence-electron chi connectivity index (χ0n) is 16.6. The Morgan fingerprint density at radius 2 is 1.13 bits per heavy atom. The SMILES string of the molecule is Cc1ccc(S(=O)(=O)Nc2ccc(-c3ccc(S(=O)(=O)n4cccc4)cc3)cc2)cc1. The van der Waals surface area contributed by atoms with Gasteiger partial charge in [-0.1, -0.05) is 42.0 Å². The van der Waals surface area contributed by atoms with E-state index in [1.165, 1.54) is 12.4 Å². The van der Waals surface area contributed by atoms with E-state index in [-0.39, 0.29) is 9.79 Å². The lowest BCUT2D eigenvalue weighted by atomic mass is 10.1. The number of hydrogen-bond acceptors (Lipinski definition) is 4. The summed E-state index contributed by atoms with van der Waals surface area (Å²) >= 11 is 0. The third-order valence-corrected chi connectivity index (χ3v) is 7.87. The lowest BCUT2D eigenvalue weighted by Gasteiger charge is -2.10. The molecule has 0 unspecified atom stereocenters. The van der Waals surface area contributed by atoms with Crippen molar-refractivity contribution in [1.29, 1.82) is 0 Å². The quantitative estimate of drug-likeness (QED) is 0.467. The van der Waals surface area contributed by atoms with E-state index < -0.39 is 20.0 Å². The van der Waals surface area contributed by atoms with Crippen LogP contribution in [-0.2, 0) is 20.0 Å². The van der Waals surface area contributed by atoms with E-state index in [0.29, 0.717) is 5.69 Å². The molecule has 4 rings (SSSR count). The summed E-state index contributed by atoms with van der Waals surface area (Å²) in [6.45, 7) is 1.89. The van der Waals surface area contributed by atoms with Crippen molar-refractivity contribution in [3.63, 3.8) is 0 Å². The van der Waals surface area contributed by atoms with Gasteiger partial charge in [-0.2, -0.15) is 0 Å². The Balaban J connectivity index is 1.52. The van der Waals surface area contributed by atoms with Gasteiger partial charge in [0.15, 0.2) is 0 Å². The van der Waals surface area contributed by atoms with E-state index in [0.717, 1.165) is 20.7 Å². The first-order chi connectivity index (χ1) is 14.8. The van der Waals surface area contributed by atoms with Crippen LogP contribution in [0.1, 0.15) is 5.56 Å². The molecule has 0 atom stereocenters. The van der Waals surface area contributed by atoms with Crippen LogP contribution in [0.25, 0.3) is 11.1 Å². The number of aryl methyl sites for hydroxylation is 1. The number of nitrogens with zero attached hydrogens (tertiary/aromatic N) is 1. The number of nitrogens with one attached hydrogen (secondary N) is 1. The van der Waals surface area contributed by atoms with Crippen LogP contribution in [0.5, 0.6) is 0 Å². The van der Waals surface area contributed by atoms with E-state index in [2.05, 4.69) is 4.72 Å².